The van der Waals surface area contributed by atoms with Crippen LogP contribution in [-0.4, -0.2) is 13.2 Å². The van der Waals surface area contributed by atoms with E-state index in [1.54, 1.807) is 0 Å². The lowest BCUT2D eigenvalue weighted by Crippen LogP contribution is -2.20. The third-order valence-corrected chi connectivity index (χ3v) is 2.71. The number of nitrogens with two attached hydrogens (primary N) is 1. The van der Waals surface area contributed by atoms with E-state index >= 15 is 0 Å². The van der Waals surface area contributed by atoms with Crippen LogP contribution in [0.15, 0.2) is 16.6 Å². The maximum absolute atomic E-state index is 13.6. The zero-order valence-corrected chi connectivity index (χ0v) is 10.6. The van der Waals surface area contributed by atoms with Gasteiger partial charge >= 0.3 is 0 Å². The largest absolute Gasteiger partial charge is 0.379 e. The monoisotopic (exact) mass is 293 g/mol. The molecule has 0 fully saturated rings. The molecule has 2 N–H and O–H groups in total. The fourth-order valence-corrected chi connectivity index (χ4v) is 1.67. The van der Waals surface area contributed by atoms with E-state index in [0.717, 1.165) is 6.42 Å². The highest BCUT2D eigenvalue weighted by molar-refractivity contribution is 9.10. The first-order chi connectivity index (χ1) is 7.57. The Kier molecular flexibility index (Phi) is 5.31. The molecule has 0 spiro atoms. The van der Waals surface area contributed by atoms with Crippen LogP contribution in [0.1, 0.15) is 24.9 Å². The van der Waals surface area contributed by atoms with Gasteiger partial charge in [0, 0.05) is 12.2 Å². The Labute approximate surface area is 102 Å². The molecule has 0 aromatic heterocycles. The Morgan fingerprint density at radius 1 is 1.44 bits per heavy atom. The second-order valence-electron chi connectivity index (χ2n) is 3.44. The summed E-state index contributed by atoms with van der Waals surface area (Å²) < 4.78 is 32.4. The molecule has 0 radical (unpaired) electrons. The second-order valence-corrected chi connectivity index (χ2v) is 4.29. The molecule has 0 aliphatic heterocycles. The molecular weight excluding hydrogens is 280 g/mol. The summed E-state index contributed by atoms with van der Waals surface area (Å²) in [6.45, 7) is 2.59. The van der Waals surface area contributed by atoms with Crippen molar-refractivity contribution in [1.29, 1.82) is 0 Å². The molecule has 1 aromatic rings. The first-order valence-electron chi connectivity index (χ1n) is 5.04. The van der Waals surface area contributed by atoms with E-state index in [9.17, 15) is 8.78 Å². The minimum atomic E-state index is -0.788. The summed E-state index contributed by atoms with van der Waals surface area (Å²) in [5.74, 6) is -1.30. The predicted octanol–water partition coefficient (Wildman–Crippen LogP) is 3.15. The second kappa shape index (κ2) is 6.27. The van der Waals surface area contributed by atoms with Crippen LogP contribution in [0.4, 0.5) is 8.78 Å². The summed E-state index contributed by atoms with van der Waals surface area (Å²) in [6.07, 6.45) is 0.843. The first-order valence-corrected chi connectivity index (χ1v) is 5.84. The highest BCUT2D eigenvalue weighted by Crippen LogP contribution is 2.25. The molecule has 0 heterocycles. The van der Waals surface area contributed by atoms with Crippen LogP contribution in [0, 0.1) is 11.6 Å². The van der Waals surface area contributed by atoms with Crippen molar-refractivity contribution in [3.63, 3.8) is 0 Å². The van der Waals surface area contributed by atoms with Gasteiger partial charge in [0.05, 0.1) is 17.1 Å². The van der Waals surface area contributed by atoms with Crippen LogP contribution in [-0.2, 0) is 4.74 Å². The molecule has 2 nitrogen and oxygen atoms in total. The minimum absolute atomic E-state index is 0.109. The number of halogens is 3. The third kappa shape index (κ3) is 3.23. The molecule has 0 aliphatic carbocycles. The molecule has 0 saturated heterocycles. The van der Waals surface area contributed by atoms with Gasteiger partial charge in [0.2, 0.25) is 0 Å². The van der Waals surface area contributed by atoms with Crippen molar-refractivity contribution >= 4 is 15.9 Å². The lowest BCUT2D eigenvalue weighted by Gasteiger charge is -2.14. The molecule has 0 bridgehead atoms. The van der Waals surface area contributed by atoms with Crippen molar-refractivity contribution in [3.05, 3.63) is 33.8 Å². The van der Waals surface area contributed by atoms with Gasteiger partial charge in [0.1, 0.15) is 11.6 Å². The average Bonchev–Trinajstić information content (AvgIpc) is 2.24. The summed E-state index contributed by atoms with van der Waals surface area (Å²) in [5.41, 5.74) is 5.55. The van der Waals surface area contributed by atoms with E-state index < -0.39 is 17.7 Å². The fourth-order valence-electron chi connectivity index (χ4n) is 1.32. The Morgan fingerprint density at radius 2 is 2.12 bits per heavy atom. The lowest BCUT2D eigenvalue weighted by atomic mass is 10.1. The highest BCUT2D eigenvalue weighted by Gasteiger charge is 2.18. The Hall–Kier alpha value is -0.520. The van der Waals surface area contributed by atoms with Gasteiger partial charge in [0.15, 0.2) is 0 Å². The van der Waals surface area contributed by atoms with Crippen LogP contribution in [0.3, 0.4) is 0 Å². The zero-order valence-electron chi connectivity index (χ0n) is 8.97. The van der Waals surface area contributed by atoms with Gasteiger partial charge in [-0.1, -0.05) is 6.92 Å². The van der Waals surface area contributed by atoms with E-state index in [0.29, 0.717) is 6.61 Å². The van der Waals surface area contributed by atoms with Gasteiger partial charge in [0.25, 0.3) is 0 Å². The predicted molar refractivity (Wildman–Crippen MR) is 62.1 cm³/mol. The zero-order chi connectivity index (χ0) is 12.1. The van der Waals surface area contributed by atoms with Crippen LogP contribution >= 0.6 is 15.9 Å². The Bertz CT molecular complexity index is 360. The first kappa shape index (κ1) is 13.5. The van der Waals surface area contributed by atoms with Gasteiger partial charge in [-0.15, -0.1) is 0 Å². The number of hydrogen-bond donors (Lipinski definition) is 1. The topological polar surface area (TPSA) is 35.2 Å². The van der Waals surface area contributed by atoms with Crippen molar-refractivity contribution in [2.75, 3.05) is 13.2 Å². The molecule has 1 unspecified atom stereocenters. The van der Waals surface area contributed by atoms with Crippen molar-refractivity contribution in [3.8, 4) is 0 Å². The van der Waals surface area contributed by atoms with E-state index in [4.69, 9.17) is 10.5 Å². The maximum Gasteiger partial charge on any atom is 0.145 e. The molecule has 1 atom stereocenters. The molecule has 90 valence electrons. The van der Waals surface area contributed by atoms with Crippen molar-refractivity contribution in [2.45, 2.75) is 19.4 Å². The number of hydrogen-bond acceptors (Lipinski definition) is 2. The van der Waals surface area contributed by atoms with E-state index in [-0.39, 0.29) is 16.6 Å². The lowest BCUT2D eigenvalue weighted by molar-refractivity contribution is 0.120. The number of ether oxygens (including phenoxy) is 1. The van der Waals surface area contributed by atoms with Gasteiger partial charge < -0.3 is 10.5 Å². The molecule has 1 rings (SSSR count). The molecule has 16 heavy (non-hydrogen) atoms. The maximum atomic E-state index is 13.6. The number of rotatable bonds is 5. The van der Waals surface area contributed by atoms with Crippen LogP contribution < -0.4 is 5.73 Å². The van der Waals surface area contributed by atoms with Crippen molar-refractivity contribution < 1.29 is 13.5 Å². The van der Waals surface area contributed by atoms with Crippen molar-refractivity contribution in [2.24, 2.45) is 5.73 Å². The summed E-state index contributed by atoms with van der Waals surface area (Å²) in [6, 6.07) is 1.71. The summed E-state index contributed by atoms with van der Waals surface area (Å²) >= 11 is 2.99. The standard InChI is InChI=1S/C11H14BrF2NO/c1-2-5-16-6-9(15)10-8(13)4-3-7(12)11(10)14/h3-4,9H,2,5-6,15H2,1H3. The van der Waals surface area contributed by atoms with E-state index in [2.05, 4.69) is 15.9 Å². The van der Waals surface area contributed by atoms with Crippen molar-refractivity contribution in [1.82, 2.24) is 0 Å². The normalized spacial score (nSPS) is 12.8. The van der Waals surface area contributed by atoms with Gasteiger partial charge in [-0.2, -0.15) is 0 Å². The molecule has 0 aliphatic rings. The van der Waals surface area contributed by atoms with Gasteiger partial charge in [-0.25, -0.2) is 8.78 Å². The van der Waals surface area contributed by atoms with Crippen LogP contribution in [0.5, 0.6) is 0 Å². The highest BCUT2D eigenvalue weighted by atomic mass is 79.9. The minimum Gasteiger partial charge on any atom is -0.379 e. The van der Waals surface area contributed by atoms with E-state index in [1.165, 1.54) is 12.1 Å². The SMILES string of the molecule is CCCOCC(N)c1c(F)ccc(Br)c1F. The van der Waals surface area contributed by atoms with Gasteiger partial charge in [-0.05, 0) is 34.5 Å². The number of benzene rings is 1. The molecule has 0 amide bonds. The summed E-state index contributed by atoms with van der Waals surface area (Å²) in [7, 11) is 0. The summed E-state index contributed by atoms with van der Waals surface area (Å²) in [4.78, 5) is 0. The van der Waals surface area contributed by atoms with E-state index in [1.807, 2.05) is 6.92 Å². The fraction of sp³-hybridized carbons (Fsp3) is 0.455. The average molecular weight is 294 g/mol. The van der Waals surface area contributed by atoms with Crippen LogP contribution in [0.25, 0.3) is 0 Å². The molecular formula is C11H14BrF2NO. The van der Waals surface area contributed by atoms with Gasteiger partial charge in [-0.3, -0.25) is 0 Å². The van der Waals surface area contributed by atoms with Crippen LogP contribution in [0.2, 0.25) is 0 Å². The third-order valence-electron chi connectivity index (χ3n) is 2.10. The molecule has 0 saturated carbocycles. The smallest absolute Gasteiger partial charge is 0.145 e. The molecule has 5 heteroatoms. The summed E-state index contributed by atoms with van der Waals surface area (Å²) in [5, 5.41) is 0. The Balaban J connectivity index is 2.81. The quantitative estimate of drug-likeness (QED) is 0.669. The Morgan fingerprint density at radius 3 is 2.75 bits per heavy atom. The molecule has 1 aromatic carbocycles.